The van der Waals surface area contributed by atoms with E-state index < -0.39 is 0 Å². The zero-order valence-electron chi connectivity index (χ0n) is 9.84. The molecule has 0 bridgehead atoms. The highest BCUT2D eigenvalue weighted by Crippen LogP contribution is 2.53. The van der Waals surface area contributed by atoms with Crippen molar-refractivity contribution in [2.24, 2.45) is 5.41 Å². The highest BCUT2D eigenvalue weighted by molar-refractivity contribution is 5.29. The van der Waals surface area contributed by atoms with Crippen LogP contribution in [0.3, 0.4) is 0 Å². The topological polar surface area (TPSA) is 0 Å². The SMILES string of the molecule is [C+](=C1CCCC12CCCC2)c1ccccc1. The molecule has 3 rings (SSSR count). The Morgan fingerprint density at radius 2 is 1.56 bits per heavy atom. The average molecular weight is 211 g/mol. The fraction of sp³-hybridized carbons (Fsp3) is 0.500. The molecule has 2 fully saturated rings. The van der Waals surface area contributed by atoms with Crippen LogP contribution in [0.25, 0.3) is 0 Å². The molecule has 0 aliphatic heterocycles. The summed E-state index contributed by atoms with van der Waals surface area (Å²) in [5.74, 6) is 0. The standard InChI is InChI=1S/C16H19/c1-2-7-14(8-3-1)13-15-9-6-12-16(15)10-4-5-11-16/h1-3,7-8H,4-6,9-12H2/q+1. The molecule has 2 saturated carbocycles. The molecule has 2 aliphatic carbocycles. The molecule has 1 aromatic carbocycles. The summed E-state index contributed by atoms with van der Waals surface area (Å²) in [6.45, 7) is 0. The number of hydrogen-bond donors (Lipinski definition) is 0. The first-order valence-electron chi connectivity index (χ1n) is 6.57. The van der Waals surface area contributed by atoms with Gasteiger partial charge in [0.2, 0.25) is 0 Å². The van der Waals surface area contributed by atoms with Crippen LogP contribution in [0, 0.1) is 11.5 Å². The van der Waals surface area contributed by atoms with Crippen molar-refractivity contribution >= 4 is 0 Å². The number of hydrogen-bond acceptors (Lipinski definition) is 0. The Balaban J connectivity index is 1.91. The fourth-order valence-corrected chi connectivity index (χ4v) is 3.51. The van der Waals surface area contributed by atoms with E-state index in [4.69, 9.17) is 0 Å². The fourth-order valence-electron chi connectivity index (χ4n) is 3.51. The predicted octanol–water partition coefficient (Wildman–Crippen LogP) is 4.51. The Kier molecular flexibility index (Phi) is 2.53. The maximum atomic E-state index is 3.69. The van der Waals surface area contributed by atoms with Gasteiger partial charge in [-0.25, -0.2) is 0 Å². The van der Waals surface area contributed by atoms with E-state index in [0.29, 0.717) is 5.41 Å². The number of allylic oxidation sites excluding steroid dienone is 1. The van der Waals surface area contributed by atoms with Crippen LogP contribution in [0.5, 0.6) is 0 Å². The average Bonchev–Trinajstić information content (AvgIpc) is 2.93. The minimum Gasteiger partial charge on any atom is -0.0524 e. The van der Waals surface area contributed by atoms with E-state index in [0.717, 1.165) is 0 Å². The molecular formula is C16H19+. The molecule has 82 valence electrons. The number of benzene rings is 1. The van der Waals surface area contributed by atoms with Crippen LogP contribution in [0.15, 0.2) is 35.9 Å². The third-order valence-electron chi connectivity index (χ3n) is 4.35. The van der Waals surface area contributed by atoms with E-state index in [2.05, 4.69) is 36.4 Å². The van der Waals surface area contributed by atoms with Gasteiger partial charge in [-0.15, -0.1) is 0 Å². The lowest BCUT2D eigenvalue weighted by Crippen LogP contribution is -2.13. The van der Waals surface area contributed by atoms with Gasteiger partial charge in [0.25, 0.3) is 0 Å². The summed E-state index contributed by atoms with van der Waals surface area (Å²) in [4.78, 5) is 0. The minimum absolute atomic E-state index is 0.565. The molecule has 0 unspecified atom stereocenters. The van der Waals surface area contributed by atoms with Gasteiger partial charge in [-0.1, -0.05) is 12.8 Å². The van der Waals surface area contributed by atoms with E-state index in [1.54, 1.807) is 5.57 Å². The van der Waals surface area contributed by atoms with Crippen LogP contribution in [-0.2, 0) is 0 Å². The van der Waals surface area contributed by atoms with Crippen molar-refractivity contribution < 1.29 is 0 Å². The first kappa shape index (κ1) is 10.1. The quantitative estimate of drug-likeness (QED) is 0.600. The monoisotopic (exact) mass is 211 g/mol. The molecule has 0 heterocycles. The highest BCUT2D eigenvalue weighted by Gasteiger charge is 2.42. The lowest BCUT2D eigenvalue weighted by atomic mass is 9.80. The molecule has 2 aliphatic rings. The molecule has 1 spiro atoms. The summed E-state index contributed by atoms with van der Waals surface area (Å²) in [6.07, 6.45) is 13.5. The van der Waals surface area contributed by atoms with E-state index >= 15 is 0 Å². The normalized spacial score (nSPS) is 25.1. The lowest BCUT2D eigenvalue weighted by molar-refractivity contribution is 0.379. The Bertz CT molecular complexity index is 374. The molecule has 0 saturated heterocycles. The van der Waals surface area contributed by atoms with Crippen LogP contribution in [0.1, 0.15) is 50.5 Å². The Morgan fingerprint density at radius 1 is 0.875 bits per heavy atom. The second-order valence-electron chi connectivity index (χ2n) is 5.31. The maximum absolute atomic E-state index is 3.69. The van der Waals surface area contributed by atoms with Gasteiger partial charge >= 0.3 is 0 Å². The third-order valence-corrected chi connectivity index (χ3v) is 4.35. The van der Waals surface area contributed by atoms with Crippen LogP contribution >= 0.6 is 0 Å². The van der Waals surface area contributed by atoms with E-state index in [9.17, 15) is 0 Å². The molecule has 0 aromatic heterocycles. The van der Waals surface area contributed by atoms with E-state index in [1.807, 2.05) is 0 Å². The van der Waals surface area contributed by atoms with Crippen molar-refractivity contribution in [1.82, 2.24) is 0 Å². The molecule has 0 radical (unpaired) electrons. The van der Waals surface area contributed by atoms with Crippen molar-refractivity contribution in [2.45, 2.75) is 44.9 Å². The van der Waals surface area contributed by atoms with Crippen molar-refractivity contribution in [2.75, 3.05) is 0 Å². The molecule has 0 heteroatoms. The highest BCUT2D eigenvalue weighted by atomic mass is 14.4. The predicted molar refractivity (Wildman–Crippen MR) is 67.1 cm³/mol. The van der Waals surface area contributed by atoms with E-state index in [1.165, 1.54) is 50.5 Å². The maximum Gasteiger partial charge on any atom is 0.188 e. The minimum atomic E-state index is 0.565. The Labute approximate surface area is 98.4 Å². The first-order chi connectivity index (χ1) is 7.89. The summed E-state index contributed by atoms with van der Waals surface area (Å²) in [6, 6.07) is 10.6. The van der Waals surface area contributed by atoms with Crippen LogP contribution < -0.4 is 0 Å². The molecule has 16 heavy (non-hydrogen) atoms. The summed E-state index contributed by atoms with van der Waals surface area (Å²) in [5, 5.41) is 0. The van der Waals surface area contributed by atoms with Crippen molar-refractivity contribution in [3.8, 4) is 0 Å². The summed E-state index contributed by atoms with van der Waals surface area (Å²) < 4.78 is 0. The number of rotatable bonds is 1. The molecule has 0 N–H and O–H groups in total. The largest absolute Gasteiger partial charge is 0.188 e. The van der Waals surface area contributed by atoms with Gasteiger partial charge < -0.3 is 0 Å². The summed E-state index contributed by atoms with van der Waals surface area (Å²) >= 11 is 0. The van der Waals surface area contributed by atoms with Crippen molar-refractivity contribution in [1.29, 1.82) is 0 Å². The lowest BCUT2D eigenvalue weighted by Gasteiger charge is -2.21. The van der Waals surface area contributed by atoms with Gasteiger partial charge in [0.1, 0.15) is 0 Å². The third kappa shape index (κ3) is 1.68. The zero-order chi connectivity index (χ0) is 10.8. The van der Waals surface area contributed by atoms with Gasteiger partial charge in [0.05, 0.1) is 12.1 Å². The van der Waals surface area contributed by atoms with Crippen LogP contribution in [0.2, 0.25) is 0 Å². The molecule has 0 amide bonds. The van der Waals surface area contributed by atoms with Gasteiger partial charge in [0.15, 0.2) is 5.56 Å². The van der Waals surface area contributed by atoms with Gasteiger partial charge in [-0.2, -0.15) is 0 Å². The summed E-state index contributed by atoms with van der Waals surface area (Å²) in [5.41, 5.74) is 3.46. The second kappa shape index (κ2) is 4.03. The van der Waals surface area contributed by atoms with Crippen LogP contribution in [0.4, 0.5) is 0 Å². The zero-order valence-corrected chi connectivity index (χ0v) is 9.84. The smallest absolute Gasteiger partial charge is 0.0524 e. The van der Waals surface area contributed by atoms with Gasteiger partial charge in [0, 0.05) is 17.1 Å². The Hall–Kier alpha value is -1.13. The van der Waals surface area contributed by atoms with Gasteiger partial charge in [-0.3, -0.25) is 0 Å². The molecular weight excluding hydrogens is 192 g/mol. The second-order valence-corrected chi connectivity index (χ2v) is 5.31. The van der Waals surface area contributed by atoms with Gasteiger partial charge in [-0.05, 0) is 50.3 Å². The van der Waals surface area contributed by atoms with Crippen LogP contribution in [-0.4, -0.2) is 0 Å². The molecule has 0 atom stereocenters. The molecule has 0 nitrogen and oxygen atoms in total. The van der Waals surface area contributed by atoms with E-state index in [-0.39, 0.29) is 0 Å². The summed E-state index contributed by atoms with van der Waals surface area (Å²) in [7, 11) is 0. The first-order valence-corrected chi connectivity index (χ1v) is 6.57. The van der Waals surface area contributed by atoms with Crippen molar-refractivity contribution in [3.63, 3.8) is 0 Å². The van der Waals surface area contributed by atoms with Crippen molar-refractivity contribution in [3.05, 3.63) is 47.5 Å². The Morgan fingerprint density at radius 3 is 2.31 bits per heavy atom. The molecule has 1 aromatic rings.